The second-order valence-electron chi connectivity index (χ2n) is 4.27. The summed E-state index contributed by atoms with van der Waals surface area (Å²) in [7, 11) is 2.27. The molecule has 1 fully saturated rings. The standard InChI is InChI=1S/C11H23N/c1-3-4-9-12(2)10-11-7-5-6-8-11/h11H,3-10H2,1-2H3. The van der Waals surface area contributed by atoms with E-state index in [0.29, 0.717) is 0 Å². The quantitative estimate of drug-likeness (QED) is 0.611. The fraction of sp³-hybridized carbons (Fsp3) is 1.00. The van der Waals surface area contributed by atoms with Gasteiger partial charge in [-0.1, -0.05) is 26.2 Å². The minimum absolute atomic E-state index is 1.02. The number of unbranched alkanes of at least 4 members (excludes halogenated alkanes) is 1. The first-order valence-corrected chi connectivity index (χ1v) is 5.51. The number of hydrogen-bond donors (Lipinski definition) is 0. The van der Waals surface area contributed by atoms with E-state index in [1.54, 1.807) is 0 Å². The average Bonchev–Trinajstić information content (AvgIpc) is 2.53. The number of rotatable bonds is 5. The van der Waals surface area contributed by atoms with Gasteiger partial charge in [0.2, 0.25) is 0 Å². The van der Waals surface area contributed by atoms with Gasteiger partial charge in [0.1, 0.15) is 0 Å². The molecule has 0 aromatic rings. The van der Waals surface area contributed by atoms with Crippen molar-refractivity contribution in [3.8, 4) is 0 Å². The van der Waals surface area contributed by atoms with Crippen LogP contribution < -0.4 is 0 Å². The summed E-state index contributed by atoms with van der Waals surface area (Å²) in [5.41, 5.74) is 0. The Bertz CT molecular complexity index is 106. The predicted octanol–water partition coefficient (Wildman–Crippen LogP) is 2.91. The van der Waals surface area contributed by atoms with E-state index < -0.39 is 0 Å². The van der Waals surface area contributed by atoms with Crippen molar-refractivity contribution in [2.24, 2.45) is 5.92 Å². The van der Waals surface area contributed by atoms with Gasteiger partial charge in [-0.2, -0.15) is 0 Å². The first kappa shape index (κ1) is 10.0. The largest absolute Gasteiger partial charge is 0.306 e. The second kappa shape index (κ2) is 5.58. The molecule has 0 aromatic heterocycles. The van der Waals surface area contributed by atoms with Crippen molar-refractivity contribution in [1.29, 1.82) is 0 Å². The summed E-state index contributed by atoms with van der Waals surface area (Å²) in [6, 6.07) is 0. The van der Waals surface area contributed by atoms with Crippen LogP contribution in [0, 0.1) is 5.92 Å². The topological polar surface area (TPSA) is 3.24 Å². The molecule has 0 bridgehead atoms. The molecule has 0 radical (unpaired) electrons. The van der Waals surface area contributed by atoms with E-state index in [4.69, 9.17) is 0 Å². The fourth-order valence-corrected chi connectivity index (χ4v) is 2.15. The normalized spacial score (nSPS) is 19.2. The summed E-state index contributed by atoms with van der Waals surface area (Å²) >= 11 is 0. The van der Waals surface area contributed by atoms with Gasteiger partial charge in [0.05, 0.1) is 0 Å². The van der Waals surface area contributed by atoms with E-state index in [9.17, 15) is 0 Å². The van der Waals surface area contributed by atoms with E-state index in [0.717, 1.165) is 5.92 Å². The van der Waals surface area contributed by atoms with Crippen LogP contribution in [0.15, 0.2) is 0 Å². The van der Waals surface area contributed by atoms with Gasteiger partial charge in [-0.25, -0.2) is 0 Å². The molecule has 0 aromatic carbocycles. The van der Waals surface area contributed by atoms with Crippen LogP contribution in [0.5, 0.6) is 0 Å². The van der Waals surface area contributed by atoms with Crippen molar-refractivity contribution >= 4 is 0 Å². The zero-order valence-corrected chi connectivity index (χ0v) is 8.68. The van der Waals surface area contributed by atoms with Gasteiger partial charge in [0.15, 0.2) is 0 Å². The van der Waals surface area contributed by atoms with Crippen LogP contribution in [0.3, 0.4) is 0 Å². The van der Waals surface area contributed by atoms with Crippen molar-refractivity contribution in [3.05, 3.63) is 0 Å². The lowest BCUT2D eigenvalue weighted by atomic mass is 10.1. The van der Waals surface area contributed by atoms with Crippen LogP contribution in [-0.2, 0) is 0 Å². The molecule has 0 unspecified atom stereocenters. The van der Waals surface area contributed by atoms with E-state index in [-0.39, 0.29) is 0 Å². The summed E-state index contributed by atoms with van der Waals surface area (Å²) in [5.74, 6) is 1.02. The maximum Gasteiger partial charge on any atom is 0.000661 e. The van der Waals surface area contributed by atoms with Gasteiger partial charge in [0.25, 0.3) is 0 Å². The summed E-state index contributed by atoms with van der Waals surface area (Å²) in [6.45, 7) is 4.91. The Morgan fingerprint density at radius 3 is 2.50 bits per heavy atom. The third-order valence-electron chi connectivity index (χ3n) is 2.94. The Balaban J connectivity index is 2.03. The maximum atomic E-state index is 2.51. The SMILES string of the molecule is CCCCN(C)CC1CCCC1. The van der Waals surface area contributed by atoms with Gasteiger partial charge in [0, 0.05) is 6.54 Å². The van der Waals surface area contributed by atoms with Gasteiger partial charge >= 0.3 is 0 Å². The van der Waals surface area contributed by atoms with Crippen LogP contribution in [-0.4, -0.2) is 25.0 Å². The zero-order valence-electron chi connectivity index (χ0n) is 8.68. The van der Waals surface area contributed by atoms with E-state index in [1.165, 1.54) is 51.6 Å². The Kier molecular flexibility index (Phi) is 4.67. The molecule has 1 aliphatic carbocycles. The zero-order chi connectivity index (χ0) is 8.81. The van der Waals surface area contributed by atoms with Crippen molar-refractivity contribution in [2.75, 3.05) is 20.1 Å². The van der Waals surface area contributed by atoms with Gasteiger partial charge in [-0.15, -0.1) is 0 Å². The van der Waals surface area contributed by atoms with Crippen LogP contribution in [0.4, 0.5) is 0 Å². The predicted molar refractivity (Wildman–Crippen MR) is 54.4 cm³/mol. The van der Waals surface area contributed by atoms with Crippen molar-refractivity contribution in [2.45, 2.75) is 45.4 Å². The molecule has 0 heterocycles. The Labute approximate surface area is 77.1 Å². The Morgan fingerprint density at radius 1 is 1.25 bits per heavy atom. The van der Waals surface area contributed by atoms with Gasteiger partial charge < -0.3 is 4.90 Å². The summed E-state index contributed by atoms with van der Waals surface area (Å²) in [5, 5.41) is 0. The fourth-order valence-electron chi connectivity index (χ4n) is 2.15. The van der Waals surface area contributed by atoms with Crippen molar-refractivity contribution in [1.82, 2.24) is 4.90 Å². The molecule has 1 aliphatic rings. The molecule has 12 heavy (non-hydrogen) atoms. The van der Waals surface area contributed by atoms with E-state index >= 15 is 0 Å². The lowest BCUT2D eigenvalue weighted by molar-refractivity contribution is 0.274. The van der Waals surface area contributed by atoms with Crippen LogP contribution in [0.1, 0.15) is 45.4 Å². The van der Waals surface area contributed by atoms with E-state index in [2.05, 4.69) is 18.9 Å². The van der Waals surface area contributed by atoms with Gasteiger partial charge in [-0.05, 0) is 38.8 Å². The van der Waals surface area contributed by atoms with Gasteiger partial charge in [-0.3, -0.25) is 0 Å². The third kappa shape index (κ3) is 3.57. The molecule has 72 valence electrons. The third-order valence-corrected chi connectivity index (χ3v) is 2.94. The summed E-state index contributed by atoms with van der Waals surface area (Å²) in [4.78, 5) is 2.51. The molecule has 1 rings (SSSR count). The van der Waals surface area contributed by atoms with Crippen molar-refractivity contribution in [3.63, 3.8) is 0 Å². The Morgan fingerprint density at radius 2 is 1.92 bits per heavy atom. The lowest BCUT2D eigenvalue weighted by Crippen LogP contribution is -2.25. The monoisotopic (exact) mass is 169 g/mol. The highest BCUT2D eigenvalue weighted by Crippen LogP contribution is 2.25. The minimum Gasteiger partial charge on any atom is -0.306 e. The molecule has 1 heteroatoms. The molecule has 0 atom stereocenters. The number of nitrogens with zero attached hydrogens (tertiary/aromatic N) is 1. The van der Waals surface area contributed by atoms with E-state index in [1.807, 2.05) is 0 Å². The summed E-state index contributed by atoms with van der Waals surface area (Å²) in [6.07, 6.45) is 8.61. The minimum atomic E-state index is 1.02. The van der Waals surface area contributed by atoms with Crippen LogP contribution in [0.2, 0.25) is 0 Å². The van der Waals surface area contributed by atoms with Crippen molar-refractivity contribution < 1.29 is 0 Å². The summed E-state index contributed by atoms with van der Waals surface area (Å²) < 4.78 is 0. The smallest absolute Gasteiger partial charge is 0.000661 e. The molecular weight excluding hydrogens is 146 g/mol. The number of hydrogen-bond acceptors (Lipinski definition) is 1. The molecule has 1 saturated carbocycles. The lowest BCUT2D eigenvalue weighted by Gasteiger charge is -2.20. The molecule has 0 N–H and O–H groups in total. The van der Waals surface area contributed by atoms with Crippen LogP contribution in [0.25, 0.3) is 0 Å². The maximum absolute atomic E-state index is 2.51. The highest BCUT2D eigenvalue weighted by Gasteiger charge is 2.15. The molecule has 0 amide bonds. The molecule has 1 nitrogen and oxygen atoms in total. The molecule has 0 saturated heterocycles. The first-order chi connectivity index (χ1) is 5.83. The molecule has 0 spiro atoms. The highest BCUT2D eigenvalue weighted by atomic mass is 15.1. The molecular formula is C11H23N. The second-order valence-corrected chi connectivity index (χ2v) is 4.27. The first-order valence-electron chi connectivity index (χ1n) is 5.51. The molecule has 0 aliphatic heterocycles. The average molecular weight is 169 g/mol. The Hall–Kier alpha value is -0.0400. The van der Waals surface area contributed by atoms with Crippen LogP contribution >= 0.6 is 0 Å². The highest BCUT2D eigenvalue weighted by molar-refractivity contribution is 4.70.